The molecule has 3 aromatic carbocycles. The second-order valence-electron chi connectivity index (χ2n) is 11.8. The van der Waals surface area contributed by atoms with E-state index in [4.69, 9.17) is 9.47 Å². The van der Waals surface area contributed by atoms with E-state index in [0.717, 1.165) is 19.3 Å². The zero-order valence-corrected chi connectivity index (χ0v) is 24.1. The molecule has 0 saturated heterocycles. The zero-order valence-electron chi connectivity index (χ0n) is 24.1. The molecule has 6 nitrogen and oxygen atoms in total. The van der Waals surface area contributed by atoms with Crippen molar-refractivity contribution in [2.75, 3.05) is 7.11 Å². The van der Waals surface area contributed by atoms with E-state index in [0.29, 0.717) is 41.2 Å². The SMILES string of the molecule is CCC(=O)OC1CCC2C3CCc4cc(O)ccc4C3CCC12C.COc1ccc(C(=O)c2ccccc2)c(O)c1. The molecule has 5 atom stereocenters. The summed E-state index contributed by atoms with van der Waals surface area (Å²) in [5, 5.41) is 19.5. The van der Waals surface area contributed by atoms with E-state index in [1.54, 1.807) is 36.4 Å². The number of carbonyl (C=O) groups excluding carboxylic acids is 2. The van der Waals surface area contributed by atoms with E-state index in [1.807, 2.05) is 25.1 Å². The number of carbonyl (C=O) groups is 2. The number of hydrogen-bond donors (Lipinski definition) is 2. The molecule has 3 aliphatic carbocycles. The summed E-state index contributed by atoms with van der Waals surface area (Å²) >= 11 is 0. The fourth-order valence-corrected chi connectivity index (χ4v) is 7.53. The average Bonchev–Trinajstić information content (AvgIpc) is 3.32. The maximum absolute atomic E-state index is 12.1. The molecule has 2 fully saturated rings. The van der Waals surface area contributed by atoms with E-state index in [9.17, 15) is 19.8 Å². The predicted octanol–water partition coefficient (Wildman–Crippen LogP) is 7.20. The Morgan fingerprint density at radius 2 is 1.73 bits per heavy atom. The summed E-state index contributed by atoms with van der Waals surface area (Å²) in [5.74, 6) is 2.57. The van der Waals surface area contributed by atoms with Gasteiger partial charge in [-0.1, -0.05) is 50.2 Å². The summed E-state index contributed by atoms with van der Waals surface area (Å²) in [6.07, 6.45) is 7.38. The minimum Gasteiger partial charge on any atom is -0.508 e. The molecule has 0 amide bonds. The number of ether oxygens (including phenoxy) is 2. The Bertz CT molecular complexity index is 1400. The van der Waals surface area contributed by atoms with Gasteiger partial charge in [-0.2, -0.15) is 0 Å². The van der Waals surface area contributed by atoms with Crippen LogP contribution in [0.5, 0.6) is 17.2 Å². The predicted molar refractivity (Wildman–Crippen MR) is 157 cm³/mol. The standard InChI is InChI=1S/C21H28O3.C14H12O3/c1-3-20(23)24-19-9-8-18-17-6-4-13-12-14(22)5-7-15(13)16(17)10-11-21(18,19)2;1-17-11-7-8-12(13(15)9-11)14(16)10-5-3-2-4-6-10/h5,7,12,16-19,22H,3-4,6,8-11H2,1-2H3;2-9,15H,1H3. The van der Waals surface area contributed by atoms with Gasteiger partial charge >= 0.3 is 5.97 Å². The molecule has 3 aromatic rings. The van der Waals surface area contributed by atoms with Crippen molar-refractivity contribution in [2.24, 2.45) is 17.3 Å². The van der Waals surface area contributed by atoms with Crippen LogP contribution in [-0.2, 0) is 16.0 Å². The van der Waals surface area contributed by atoms with Gasteiger partial charge in [0.2, 0.25) is 0 Å². The van der Waals surface area contributed by atoms with Crippen LogP contribution in [0.2, 0.25) is 0 Å². The number of benzene rings is 3. The molecule has 0 aliphatic heterocycles. The second-order valence-corrected chi connectivity index (χ2v) is 11.8. The van der Waals surface area contributed by atoms with Crippen molar-refractivity contribution < 1.29 is 29.3 Å². The van der Waals surface area contributed by atoms with Crippen LogP contribution in [0.4, 0.5) is 0 Å². The number of esters is 1. The maximum atomic E-state index is 12.1. The van der Waals surface area contributed by atoms with E-state index >= 15 is 0 Å². The van der Waals surface area contributed by atoms with Crippen molar-refractivity contribution in [1.29, 1.82) is 0 Å². The largest absolute Gasteiger partial charge is 0.508 e. The Morgan fingerprint density at radius 1 is 0.951 bits per heavy atom. The minimum absolute atomic E-state index is 0.0477. The Hall–Kier alpha value is -3.80. The maximum Gasteiger partial charge on any atom is 0.305 e. The number of aryl methyl sites for hydroxylation is 1. The van der Waals surface area contributed by atoms with Crippen LogP contribution in [-0.4, -0.2) is 35.2 Å². The van der Waals surface area contributed by atoms with Crippen LogP contribution in [0.3, 0.4) is 0 Å². The van der Waals surface area contributed by atoms with Crippen LogP contribution in [0.1, 0.15) is 85.3 Å². The van der Waals surface area contributed by atoms with Gasteiger partial charge in [0.1, 0.15) is 23.4 Å². The highest BCUT2D eigenvalue weighted by molar-refractivity contribution is 6.10. The fourth-order valence-electron chi connectivity index (χ4n) is 7.53. The number of methoxy groups -OCH3 is 1. The third kappa shape index (κ3) is 5.70. The number of rotatable bonds is 5. The minimum atomic E-state index is -0.203. The van der Waals surface area contributed by atoms with Crippen LogP contribution < -0.4 is 4.74 Å². The van der Waals surface area contributed by atoms with Crippen molar-refractivity contribution in [1.82, 2.24) is 0 Å². The number of fused-ring (bicyclic) bond motifs is 5. The monoisotopic (exact) mass is 556 g/mol. The lowest BCUT2D eigenvalue weighted by molar-refractivity contribution is -0.157. The Labute approximate surface area is 242 Å². The number of aromatic hydroxyl groups is 2. The summed E-state index contributed by atoms with van der Waals surface area (Å²) in [7, 11) is 1.51. The van der Waals surface area contributed by atoms with Gasteiger partial charge in [-0.25, -0.2) is 0 Å². The fraction of sp³-hybridized carbons (Fsp3) is 0.429. The quantitative estimate of drug-likeness (QED) is 0.255. The van der Waals surface area contributed by atoms with Crippen molar-refractivity contribution in [3.8, 4) is 17.2 Å². The molecule has 0 bridgehead atoms. The summed E-state index contributed by atoms with van der Waals surface area (Å²) < 4.78 is 10.8. The molecule has 0 spiro atoms. The third-order valence-electron chi connectivity index (χ3n) is 9.67. The lowest BCUT2D eigenvalue weighted by Gasteiger charge is -2.50. The molecule has 6 heteroatoms. The average molecular weight is 557 g/mol. The summed E-state index contributed by atoms with van der Waals surface area (Å²) in [5.41, 5.74) is 3.78. The molecule has 0 radical (unpaired) electrons. The smallest absolute Gasteiger partial charge is 0.305 e. The van der Waals surface area contributed by atoms with Gasteiger partial charge in [-0.3, -0.25) is 9.59 Å². The summed E-state index contributed by atoms with van der Waals surface area (Å²) in [4.78, 5) is 23.9. The number of phenols is 2. The molecular weight excluding hydrogens is 516 g/mol. The first-order valence-electron chi connectivity index (χ1n) is 14.7. The van der Waals surface area contributed by atoms with Crippen LogP contribution >= 0.6 is 0 Å². The lowest BCUT2D eigenvalue weighted by Crippen LogP contribution is -2.45. The number of phenolic OH excluding ortho intramolecular Hbond substituents is 2. The highest BCUT2D eigenvalue weighted by Crippen LogP contribution is 2.61. The number of ketones is 1. The van der Waals surface area contributed by atoms with Gasteiger partial charge in [-0.15, -0.1) is 0 Å². The topological polar surface area (TPSA) is 93.1 Å². The molecular formula is C35H40O6. The molecule has 41 heavy (non-hydrogen) atoms. The molecule has 2 N–H and O–H groups in total. The van der Waals surface area contributed by atoms with Gasteiger partial charge in [0.15, 0.2) is 5.78 Å². The first kappa shape index (κ1) is 28.7. The van der Waals surface area contributed by atoms with Gasteiger partial charge in [0.25, 0.3) is 0 Å². The summed E-state index contributed by atoms with van der Waals surface area (Å²) in [6.45, 7) is 4.24. The molecule has 2 saturated carbocycles. The molecule has 6 rings (SSSR count). The third-order valence-corrected chi connectivity index (χ3v) is 9.67. The normalized spacial score (nSPS) is 25.9. The highest BCUT2D eigenvalue weighted by Gasteiger charge is 2.56. The first-order chi connectivity index (χ1) is 19.7. The van der Waals surface area contributed by atoms with Crippen LogP contribution in [0.15, 0.2) is 66.7 Å². The Morgan fingerprint density at radius 3 is 2.44 bits per heavy atom. The molecule has 0 aromatic heterocycles. The van der Waals surface area contributed by atoms with Gasteiger partial charge in [0.05, 0.1) is 12.7 Å². The molecule has 0 heterocycles. The molecule has 216 valence electrons. The summed E-state index contributed by atoms with van der Waals surface area (Å²) in [6, 6.07) is 19.4. The van der Waals surface area contributed by atoms with E-state index in [1.165, 1.54) is 43.6 Å². The van der Waals surface area contributed by atoms with Crippen molar-refractivity contribution in [2.45, 2.75) is 70.8 Å². The number of hydrogen-bond acceptors (Lipinski definition) is 6. The molecule has 3 aliphatic rings. The molecule has 5 unspecified atom stereocenters. The van der Waals surface area contributed by atoms with Crippen LogP contribution in [0.25, 0.3) is 0 Å². The van der Waals surface area contributed by atoms with E-state index in [2.05, 4.69) is 13.0 Å². The van der Waals surface area contributed by atoms with Crippen molar-refractivity contribution in [3.63, 3.8) is 0 Å². The highest BCUT2D eigenvalue weighted by atomic mass is 16.5. The van der Waals surface area contributed by atoms with Gasteiger partial charge in [-0.05, 0) is 91.7 Å². The van der Waals surface area contributed by atoms with Gasteiger partial charge in [0, 0.05) is 23.5 Å². The Kier molecular flexibility index (Phi) is 8.39. The second kappa shape index (κ2) is 12.0. The van der Waals surface area contributed by atoms with Crippen LogP contribution in [0, 0.1) is 17.3 Å². The zero-order chi connectivity index (χ0) is 29.1. The van der Waals surface area contributed by atoms with Gasteiger partial charge < -0.3 is 19.7 Å². The van der Waals surface area contributed by atoms with E-state index < -0.39 is 0 Å². The van der Waals surface area contributed by atoms with Crippen molar-refractivity contribution in [3.05, 3.63) is 89.0 Å². The first-order valence-corrected chi connectivity index (χ1v) is 14.7. The van der Waals surface area contributed by atoms with Crippen molar-refractivity contribution >= 4 is 11.8 Å². The lowest BCUT2D eigenvalue weighted by atomic mass is 9.55. The van der Waals surface area contributed by atoms with E-state index in [-0.39, 0.29) is 34.6 Å². The Balaban J connectivity index is 0.000000175.